The molecule has 4 rings (SSSR count). The number of benzene rings is 2. The Bertz CT molecular complexity index is 816. The van der Waals surface area contributed by atoms with Crippen LogP contribution in [0.15, 0.2) is 46.9 Å². The SMILES string of the molecule is CN1CC=C(c2nc3c(ccc4ccccc43)o2)CC1. The second kappa shape index (κ2) is 4.46. The third kappa shape index (κ3) is 1.82. The van der Waals surface area contributed by atoms with Gasteiger partial charge < -0.3 is 9.32 Å². The first-order valence-electron chi connectivity index (χ1n) is 6.97. The Kier molecular flexibility index (Phi) is 2.60. The number of nitrogens with zero attached hydrogens (tertiary/aromatic N) is 2. The van der Waals surface area contributed by atoms with Crippen LogP contribution < -0.4 is 0 Å². The van der Waals surface area contributed by atoms with Crippen LogP contribution in [-0.2, 0) is 0 Å². The van der Waals surface area contributed by atoms with Gasteiger partial charge in [-0.3, -0.25) is 0 Å². The summed E-state index contributed by atoms with van der Waals surface area (Å²) in [5.74, 6) is 0.782. The van der Waals surface area contributed by atoms with E-state index in [9.17, 15) is 0 Å². The molecule has 2 heterocycles. The second-order valence-electron chi connectivity index (χ2n) is 5.39. The first-order valence-corrected chi connectivity index (χ1v) is 6.97. The maximum atomic E-state index is 5.95. The number of rotatable bonds is 1. The van der Waals surface area contributed by atoms with Crippen LogP contribution in [-0.4, -0.2) is 30.0 Å². The highest BCUT2D eigenvalue weighted by atomic mass is 16.3. The smallest absolute Gasteiger partial charge is 0.223 e. The molecule has 1 aliphatic rings. The standard InChI is InChI=1S/C17H16N2O/c1-19-10-8-13(9-11-19)17-18-16-14-5-3-2-4-12(14)6-7-15(16)20-17/h2-8H,9-11H2,1H3. The number of oxazole rings is 1. The highest BCUT2D eigenvalue weighted by molar-refractivity contribution is 6.03. The van der Waals surface area contributed by atoms with E-state index in [0.717, 1.165) is 41.9 Å². The molecule has 0 saturated carbocycles. The van der Waals surface area contributed by atoms with Crippen molar-refractivity contribution in [1.82, 2.24) is 9.88 Å². The number of hydrogen-bond donors (Lipinski definition) is 0. The lowest BCUT2D eigenvalue weighted by Gasteiger charge is -2.20. The fraction of sp³-hybridized carbons (Fsp3) is 0.235. The minimum Gasteiger partial charge on any atom is -0.436 e. The zero-order valence-corrected chi connectivity index (χ0v) is 11.5. The summed E-state index contributed by atoms with van der Waals surface area (Å²) in [6.07, 6.45) is 3.22. The average Bonchev–Trinajstić information content (AvgIpc) is 2.92. The van der Waals surface area contributed by atoms with Gasteiger partial charge in [0.05, 0.1) is 0 Å². The van der Waals surface area contributed by atoms with Gasteiger partial charge >= 0.3 is 0 Å². The largest absolute Gasteiger partial charge is 0.436 e. The van der Waals surface area contributed by atoms with E-state index in [-0.39, 0.29) is 0 Å². The Morgan fingerprint density at radius 3 is 2.90 bits per heavy atom. The molecule has 0 aliphatic carbocycles. The molecule has 0 radical (unpaired) electrons. The van der Waals surface area contributed by atoms with Gasteiger partial charge in [-0.05, 0) is 24.9 Å². The van der Waals surface area contributed by atoms with Gasteiger partial charge in [-0.1, -0.05) is 36.4 Å². The normalized spacial score (nSPS) is 16.8. The van der Waals surface area contributed by atoms with Crippen molar-refractivity contribution in [3.05, 3.63) is 48.4 Å². The Morgan fingerprint density at radius 1 is 1.15 bits per heavy atom. The fourth-order valence-electron chi connectivity index (χ4n) is 2.76. The zero-order chi connectivity index (χ0) is 13.5. The Hall–Kier alpha value is -2.13. The predicted molar refractivity (Wildman–Crippen MR) is 81.6 cm³/mol. The van der Waals surface area contributed by atoms with E-state index in [1.807, 2.05) is 12.1 Å². The van der Waals surface area contributed by atoms with Crippen LogP contribution in [0, 0.1) is 0 Å². The van der Waals surface area contributed by atoms with Crippen molar-refractivity contribution in [1.29, 1.82) is 0 Å². The van der Waals surface area contributed by atoms with Gasteiger partial charge in [-0.15, -0.1) is 0 Å². The van der Waals surface area contributed by atoms with Crippen LogP contribution in [0.4, 0.5) is 0 Å². The molecule has 0 unspecified atom stereocenters. The topological polar surface area (TPSA) is 29.3 Å². The van der Waals surface area contributed by atoms with Crippen LogP contribution in [0.3, 0.4) is 0 Å². The molecule has 0 spiro atoms. The molecule has 100 valence electrons. The molecule has 0 atom stereocenters. The number of aromatic nitrogens is 1. The average molecular weight is 264 g/mol. The van der Waals surface area contributed by atoms with Crippen LogP contribution in [0.1, 0.15) is 12.3 Å². The molecule has 3 nitrogen and oxygen atoms in total. The summed E-state index contributed by atoms with van der Waals surface area (Å²) < 4.78 is 5.95. The van der Waals surface area contributed by atoms with Crippen molar-refractivity contribution < 1.29 is 4.42 Å². The number of likely N-dealkylation sites (N-methyl/N-ethyl adjacent to an activating group) is 1. The van der Waals surface area contributed by atoms with Crippen molar-refractivity contribution in [3.8, 4) is 0 Å². The van der Waals surface area contributed by atoms with Gasteiger partial charge in [0.15, 0.2) is 5.58 Å². The molecular formula is C17H16N2O. The molecule has 3 aromatic rings. The van der Waals surface area contributed by atoms with E-state index in [1.165, 1.54) is 11.0 Å². The second-order valence-corrected chi connectivity index (χ2v) is 5.39. The van der Waals surface area contributed by atoms with Gasteiger partial charge in [0.25, 0.3) is 0 Å². The van der Waals surface area contributed by atoms with E-state index < -0.39 is 0 Å². The minimum atomic E-state index is 0.782. The lowest BCUT2D eigenvalue weighted by Crippen LogP contribution is -2.23. The van der Waals surface area contributed by atoms with Crippen molar-refractivity contribution in [2.24, 2.45) is 0 Å². The predicted octanol–water partition coefficient (Wildman–Crippen LogP) is 3.70. The van der Waals surface area contributed by atoms with E-state index in [4.69, 9.17) is 9.40 Å². The molecule has 0 N–H and O–H groups in total. The molecule has 0 saturated heterocycles. The molecule has 20 heavy (non-hydrogen) atoms. The monoisotopic (exact) mass is 264 g/mol. The molecule has 0 bridgehead atoms. The van der Waals surface area contributed by atoms with Crippen LogP contribution >= 0.6 is 0 Å². The van der Waals surface area contributed by atoms with Crippen LogP contribution in [0.2, 0.25) is 0 Å². The number of hydrogen-bond acceptors (Lipinski definition) is 3. The Balaban J connectivity index is 1.88. The van der Waals surface area contributed by atoms with Crippen molar-refractivity contribution in [2.75, 3.05) is 20.1 Å². The van der Waals surface area contributed by atoms with Crippen molar-refractivity contribution >= 4 is 27.4 Å². The number of fused-ring (bicyclic) bond motifs is 3. The summed E-state index contributed by atoms with van der Waals surface area (Å²) in [7, 11) is 2.13. The molecule has 2 aromatic carbocycles. The van der Waals surface area contributed by atoms with Crippen LogP contribution in [0.25, 0.3) is 27.4 Å². The van der Waals surface area contributed by atoms with Gasteiger partial charge in [0.1, 0.15) is 5.52 Å². The summed E-state index contributed by atoms with van der Waals surface area (Å²) in [6, 6.07) is 12.4. The summed E-state index contributed by atoms with van der Waals surface area (Å²) >= 11 is 0. The van der Waals surface area contributed by atoms with E-state index >= 15 is 0 Å². The molecule has 3 heteroatoms. The lowest BCUT2D eigenvalue weighted by atomic mass is 10.1. The van der Waals surface area contributed by atoms with E-state index in [2.05, 4.69) is 42.3 Å². The molecule has 0 amide bonds. The summed E-state index contributed by atoms with van der Waals surface area (Å²) in [5.41, 5.74) is 3.07. The highest BCUT2D eigenvalue weighted by Crippen LogP contribution is 2.29. The Labute approximate surface area is 117 Å². The fourth-order valence-corrected chi connectivity index (χ4v) is 2.76. The van der Waals surface area contributed by atoms with Crippen molar-refractivity contribution in [3.63, 3.8) is 0 Å². The van der Waals surface area contributed by atoms with Crippen LogP contribution in [0.5, 0.6) is 0 Å². The zero-order valence-electron chi connectivity index (χ0n) is 11.5. The van der Waals surface area contributed by atoms with Crippen molar-refractivity contribution in [2.45, 2.75) is 6.42 Å². The van der Waals surface area contributed by atoms with E-state index in [1.54, 1.807) is 0 Å². The summed E-state index contributed by atoms with van der Waals surface area (Å²) in [5, 5.41) is 2.37. The van der Waals surface area contributed by atoms with E-state index in [0.29, 0.717) is 0 Å². The highest BCUT2D eigenvalue weighted by Gasteiger charge is 2.16. The molecular weight excluding hydrogens is 248 g/mol. The summed E-state index contributed by atoms with van der Waals surface area (Å²) in [6.45, 7) is 2.03. The Morgan fingerprint density at radius 2 is 2.05 bits per heavy atom. The van der Waals surface area contributed by atoms with Gasteiger partial charge in [-0.25, -0.2) is 4.98 Å². The molecule has 0 fully saturated rings. The molecule has 1 aliphatic heterocycles. The first-order chi connectivity index (χ1) is 9.81. The maximum absolute atomic E-state index is 5.95. The first kappa shape index (κ1) is 11.7. The maximum Gasteiger partial charge on any atom is 0.223 e. The minimum absolute atomic E-state index is 0.782. The molecule has 1 aromatic heterocycles. The van der Waals surface area contributed by atoms with Gasteiger partial charge in [0.2, 0.25) is 5.89 Å². The quantitative estimate of drug-likeness (QED) is 0.671. The summed E-state index contributed by atoms with van der Waals surface area (Å²) in [4.78, 5) is 7.03. The van der Waals surface area contributed by atoms with Gasteiger partial charge in [0, 0.05) is 24.0 Å². The third-order valence-electron chi connectivity index (χ3n) is 3.97. The third-order valence-corrected chi connectivity index (χ3v) is 3.97. The lowest BCUT2D eigenvalue weighted by molar-refractivity contribution is 0.367. The van der Waals surface area contributed by atoms with Gasteiger partial charge in [-0.2, -0.15) is 0 Å².